The lowest BCUT2D eigenvalue weighted by molar-refractivity contribution is 0.424. The van der Waals surface area contributed by atoms with E-state index in [1.54, 1.807) is 0 Å². The van der Waals surface area contributed by atoms with Crippen LogP contribution >= 0.6 is 0 Å². The van der Waals surface area contributed by atoms with Crippen LogP contribution in [0.2, 0.25) is 0 Å². The van der Waals surface area contributed by atoms with Crippen LogP contribution in [0.4, 0.5) is 5.69 Å². The summed E-state index contributed by atoms with van der Waals surface area (Å²) in [5, 5.41) is 7.15. The maximum atomic E-state index is 4.43. The first kappa shape index (κ1) is 17.0. The number of rotatable bonds is 7. The number of hydrogen-bond acceptors (Lipinski definition) is 3. The molecule has 0 spiro atoms. The minimum absolute atomic E-state index is 0.123. The maximum Gasteiger partial charge on any atom is 0.0419 e. The first-order valence-corrected chi connectivity index (χ1v) is 7.80. The Hall–Kier alpha value is -1.09. The summed E-state index contributed by atoms with van der Waals surface area (Å²) in [5.41, 5.74) is 3.66. The Labute approximate surface area is 124 Å². The molecule has 0 amide bonds. The van der Waals surface area contributed by atoms with E-state index < -0.39 is 0 Å². The minimum atomic E-state index is 0.123. The summed E-state index contributed by atoms with van der Waals surface area (Å²) in [5.74, 6) is 0.742. The fourth-order valence-corrected chi connectivity index (χ4v) is 2.09. The fraction of sp³-hybridized carbons (Fsp3) is 0.706. The van der Waals surface area contributed by atoms with E-state index in [4.69, 9.17) is 0 Å². The Bertz CT molecular complexity index is 403. The van der Waals surface area contributed by atoms with Gasteiger partial charge in [0.15, 0.2) is 0 Å². The van der Waals surface area contributed by atoms with E-state index in [1.807, 2.05) is 13.1 Å². The third kappa shape index (κ3) is 5.91. The number of hydrogen-bond donors (Lipinski definition) is 2. The van der Waals surface area contributed by atoms with Crippen LogP contribution in [-0.4, -0.2) is 17.1 Å². The Morgan fingerprint density at radius 3 is 2.40 bits per heavy atom. The molecular formula is C17H31N3. The van der Waals surface area contributed by atoms with Crippen LogP contribution in [-0.2, 0) is 6.54 Å². The van der Waals surface area contributed by atoms with Gasteiger partial charge in [0.2, 0.25) is 0 Å². The molecule has 20 heavy (non-hydrogen) atoms. The lowest BCUT2D eigenvalue weighted by atomic mass is 10.0. The highest BCUT2D eigenvalue weighted by Gasteiger charge is 2.11. The van der Waals surface area contributed by atoms with Crippen molar-refractivity contribution in [1.82, 2.24) is 10.3 Å². The standard InChI is InChI=1S/C17H31N3/c1-7-14(8-2)10-19-16-9-13(3)18-11-15(16)12-20-17(4,5)6/h9,11,14,20H,7-8,10,12H2,1-6H3,(H,18,19). The lowest BCUT2D eigenvalue weighted by Crippen LogP contribution is -2.35. The Kier molecular flexibility index (Phi) is 6.47. The van der Waals surface area contributed by atoms with Crippen molar-refractivity contribution >= 4 is 5.69 Å². The summed E-state index contributed by atoms with van der Waals surface area (Å²) in [6.45, 7) is 15.0. The zero-order valence-electron chi connectivity index (χ0n) is 14.0. The van der Waals surface area contributed by atoms with Gasteiger partial charge in [-0.3, -0.25) is 4.98 Å². The molecule has 114 valence electrons. The summed E-state index contributed by atoms with van der Waals surface area (Å²) in [7, 11) is 0. The van der Waals surface area contributed by atoms with E-state index in [0.717, 1.165) is 24.7 Å². The molecule has 0 saturated carbocycles. The minimum Gasteiger partial charge on any atom is -0.384 e. The maximum absolute atomic E-state index is 4.43. The van der Waals surface area contributed by atoms with E-state index in [9.17, 15) is 0 Å². The molecular weight excluding hydrogens is 246 g/mol. The van der Waals surface area contributed by atoms with E-state index in [-0.39, 0.29) is 5.54 Å². The normalized spacial score (nSPS) is 11.9. The molecule has 0 aliphatic carbocycles. The SMILES string of the molecule is CCC(CC)CNc1cc(C)ncc1CNC(C)(C)C. The number of aromatic nitrogens is 1. The Morgan fingerprint density at radius 1 is 1.20 bits per heavy atom. The highest BCUT2D eigenvalue weighted by molar-refractivity contribution is 5.51. The smallest absolute Gasteiger partial charge is 0.0419 e. The molecule has 1 aromatic rings. The van der Waals surface area contributed by atoms with Crippen molar-refractivity contribution in [2.45, 2.75) is 66.5 Å². The quantitative estimate of drug-likeness (QED) is 0.787. The molecule has 3 nitrogen and oxygen atoms in total. The largest absolute Gasteiger partial charge is 0.384 e. The third-order valence-electron chi connectivity index (χ3n) is 3.67. The second-order valence-electron chi connectivity index (χ2n) is 6.65. The molecule has 2 N–H and O–H groups in total. The van der Waals surface area contributed by atoms with Gasteiger partial charge in [-0.05, 0) is 39.7 Å². The first-order chi connectivity index (χ1) is 9.35. The number of nitrogens with one attached hydrogen (secondary N) is 2. The van der Waals surface area contributed by atoms with Gasteiger partial charge in [-0.15, -0.1) is 0 Å². The first-order valence-electron chi connectivity index (χ1n) is 7.80. The number of aryl methyl sites for hydroxylation is 1. The second kappa shape index (κ2) is 7.63. The van der Waals surface area contributed by atoms with Crippen LogP contribution < -0.4 is 10.6 Å². The average molecular weight is 277 g/mol. The van der Waals surface area contributed by atoms with Crippen LogP contribution in [0.1, 0.15) is 58.7 Å². The summed E-state index contributed by atoms with van der Waals surface area (Å²) >= 11 is 0. The topological polar surface area (TPSA) is 37.0 Å². The Morgan fingerprint density at radius 2 is 1.85 bits per heavy atom. The van der Waals surface area contributed by atoms with E-state index in [1.165, 1.54) is 24.1 Å². The van der Waals surface area contributed by atoms with E-state index in [0.29, 0.717) is 0 Å². The van der Waals surface area contributed by atoms with Crippen molar-refractivity contribution in [3.63, 3.8) is 0 Å². The molecule has 1 rings (SSSR count). The zero-order valence-corrected chi connectivity index (χ0v) is 14.0. The van der Waals surface area contributed by atoms with Crippen LogP contribution in [0, 0.1) is 12.8 Å². The van der Waals surface area contributed by atoms with Gasteiger partial charge in [-0.25, -0.2) is 0 Å². The van der Waals surface area contributed by atoms with Crippen LogP contribution in [0.15, 0.2) is 12.3 Å². The average Bonchev–Trinajstić information content (AvgIpc) is 2.38. The van der Waals surface area contributed by atoms with Crippen molar-refractivity contribution in [3.8, 4) is 0 Å². The van der Waals surface area contributed by atoms with Crippen LogP contribution in [0.3, 0.4) is 0 Å². The predicted octanol–water partition coefficient (Wildman–Crippen LogP) is 4.13. The van der Waals surface area contributed by atoms with Gasteiger partial charge >= 0.3 is 0 Å². The summed E-state index contributed by atoms with van der Waals surface area (Å²) in [6, 6.07) is 2.15. The Balaban J connectivity index is 2.74. The number of nitrogens with zero attached hydrogens (tertiary/aromatic N) is 1. The molecule has 1 aromatic heterocycles. The monoisotopic (exact) mass is 277 g/mol. The molecule has 0 atom stereocenters. The summed E-state index contributed by atoms with van der Waals surface area (Å²) in [6.07, 6.45) is 4.44. The van der Waals surface area contributed by atoms with Crippen LogP contribution in [0.5, 0.6) is 0 Å². The van der Waals surface area contributed by atoms with E-state index in [2.05, 4.69) is 56.3 Å². The highest BCUT2D eigenvalue weighted by atomic mass is 15.0. The van der Waals surface area contributed by atoms with Gasteiger partial charge in [0, 0.05) is 41.8 Å². The fourth-order valence-electron chi connectivity index (χ4n) is 2.09. The van der Waals surface area contributed by atoms with Crippen molar-refractivity contribution in [3.05, 3.63) is 23.5 Å². The number of anilines is 1. The molecule has 3 heteroatoms. The molecule has 0 aliphatic heterocycles. The van der Waals surface area contributed by atoms with Crippen molar-refractivity contribution in [2.75, 3.05) is 11.9 Å². The van der Waals surface area contributed by atoms with Crippen molar-refractivity contribution < 1.29 is 0 Å². The lowest BCUT2D eigenvalue weighted by Gasteiger charge is -2.22. The molecule has 0 saturated heterocycles. The molecule has 0 fully saturated rings. The van der Waals surface area contributed by atoms with Gasteiger partial charge in [0.05, 0.1) is 0 Å². The highest BCUT2D eigenvalue weighted by Crippen LogP contribution is 2.18. The molecule has 0 unspecified atom stereocenters. The molecule has 0 radical (unpaired) electrons. The molecule has 1 heterocycles. The van der Waals surface area contributed by atoms with Gasteiger partial charge in [-0.1, -0.05) is 26.7 Å². The number of pyridine rings is 1. The van der Waals surface area contributed by atoms with Gasteiger partial charge in [0.1, 0.15) is 0 Å². The van der Waals surface area contributed by atoms with Crippen molar-refractivity contribution in [1.29, 1.82) is 0 Å². The predicted molar refractivity (Wildman–Crippen MR) is 88.1 cm³/mol. The van der Waals surface area contributed by atoms with Crippen LogP contribution in [0.25, 0.3) is 0 Å². The zero-order chi connectivity index (χ0) is 15.2. The van der Waals surface area contributed by atoms with E-state index >= 15 is 0 Å². The van der Waals surface area contributed by atoms with Gasteiger partial charge < -0.3 is 10.6 Å². The van der Waals surface area contributed by atoms with Crippen molar-refractivity contribution in [2.24, 2.45) is 5.92 Å². The molecule has 0 aliphatic rings. The molecule has 0 bridgehead atoms. The van der Waals surface area contributed by atoms with Gasteiger partial charge in [0.25, 0.3) is 0 Å². The molecule has 0 aromatic carbocycles. The summed E-state index contributed by atoms with van der Waals surface area (Å²) in [4.78, 5) is 4.43. The third-order valence-corrected chi connectivity index (χ3v) is 3.67. The second-order valence-corrected chi connectivity index (χ2v) is 6.65. The summed E-state index contributed by atoms with van der Waals surface area (Å²) < 4.78 is 0. The van der Waals surface area contributed by atoms with Gasteiger partial charge in [-0.2, -0.15) is 0 Å².